The van der Waals surface area contributed by atoms with Crippen molar-refractivity contribution in [2.24, 2.45) is 0 Å². The summed E-state index contributed by atoms with van der Waals surface area (Å²) < 4.78 is 1.98. The summed E-state index contributed by atoms with van der Waals surface area (Å²) in [5, 5.41) is 0.999. The predicted molar refractivity (Wildman–Crippen MR) is 107 cm³/mol. The maximum atomic E-state index is 12.7. The number of aromatic nitrogens is 3. The highest BCUT2D eigenvalue weighted by Crippen LogP contribution is 2.25. The molecule has 138 valence electrons. The first-order chi connectivity index (χ1) is 13.0. The van der Waals surface area contributed by atoms with Crippen molar-refractivity contribution < 1.29 is 4.79 Å². The van der Waals surface area contributed by atoms with E-state index >= 15 is 0 Å². The highest BCUT2D eigenvalue weighted by molar-refractivity contribution is 7.11. The summed E-state index contributed by atoms with van der Waals surface area (Å²) in [7, 11) is 0. The molecular formula is C19H17ClN4O2S. The molecule has 1 aliphatic rings. The number of thiazole rings is 1. The lowest BCUT2D eigenvalue weighted by Crippen LogP contribution is -2.35. The molecule has 8 heteroatoms. The Labute approximate surface area is 164 Å². The summed E-state index contributed by atoms with van der Waals surface area (Å²) in [6, 6.07) is 5.26. The minimum Gasteiger partial charge on any atom is -0.334 e. The lowest BCUT2D eigenvalue weighted by atomic mass is 10.1. The molecule has 0 spiro atoms. The normalized spacial score (nSPS) is 14.5. The van der Waals surface area contributed by atoms with Crippen molar-refractivity contribution in [3.63, 3.8) is 0 Å². The van der Waals surface area contributed by atoms with Crippen molar-refractivity contribution in [3.8, 4) is 0 Å². The van der Waals surface area contributed by atoms with Crippen LogP contribution in [0.1, 0.15) is 27.6 Å². The van der Waals surface area contributed by atoms with E-state index in [1.54, 1.807) is 17.6 Å². The molecule has 0 unspecified atom stereocenters. The monoisotopic (exact) mass is 400 g/mol. The van der Waals surface area contributed by atoms with Gasteiger partial charge < -0.3 is 9.47 Å². The zero-order valence-corrected chi connectivity index (χ0v) is 16.5. The Hall–Kier alpha value is -2.51. The quantitative estimate of drug-likeness (QED) is 0.660. The largest absolute Gasteiger partial charge is 0.334 e. The molecule has 1 aliphatic heterocycles. The molecule has 1 aromatic carbocycles. The van der Waals surface area contributed by atoms with E-state index in [1.165, 1.54) is 11.3 Å². The van der Waals surface area contributed by atoms with Gasteiger partial charge in [0.05, 0.1) is 22.1 Å². The van der Waals surface area contributed by atoms with Crippen LogP contribution in [0.25, 0.3) is 16.6 Å². The smallest absolute Gasteiger partial charge is 0.280 e. The van der Waals surface area contributed by atoms with Gasteiger partial charge in [0.2, 0.25) is 0 Å². The van der Waals surface area contributed by atoms with Crippen LogP contribution in [-0.2, 0) is 0 Å². The van der Waals surface area contributed by atoms with Gasteiger partial charge in [-0.1, -0.05) is 11.6 Å². The summed E-state index contributed by atoms with van der Waals surface area (Å²) in [5.41, 5.74) is 3.98. The molecule has 0 radical (unpaired) electrons. The van der Waals surface area contributed by atoms with Crippen molar-refractivity contribution in [2.45, 2.75) is 20.3 Å². The minimum atomic E-state index is -0.282. The van der Waals surface area contributed by atoms with Gasteiger partial charge in [-0.15, -0.1) is 11.3 Å². The highest BCUT2D eigenvalue weighted by atomic mass is 35.5. The Morgan fingerprint density at radius 1 is 1.30 bits per heavy atom. The summed E-state index contributed by atoms with van der Waals surface area (Å²) in [6.45, 7) is 4.77. The first-order valence-electron chi connectivity index (χ1n) is 8.53. The van der Waals surface area contributed by atoms with E-state index in [-0.39, 0.29) is 11.5 Å². The van der Waals surface area contributed by atoms with Crippen LogP contribution in [0.3, 0.4) is 0 Å². The Morgan fingerprint density at radius 2 is 2.11 bits per heavy atom. The van der Waals surface area contributed by atoms with E-state index in [9.17, 15) is 9.59 Å². The van der Waals surface area contributed by atoms with Gasteiger partial charge in [-0.25, -0.2) is 4.98 Å². The second-order valence-electron chi connectivity index (χ2n) is 6.42. The molecule has 0 saturated heterocycles. The van der Waals surface area contributed by atoms with E-state index in [1.807, 2.05) is 35.5 Å². The van der Waals surface area contributed by atoms with Gasteiger partial charge in [0.25, 0.3) is 11.5 Å². The summed E-state index contributed by atoms with van der Waals surface area (Å²) in [5.74, 6) is 0.635. The van der Waals surface area contributed by atoms with Crippen molar-refractivity contribution in [1.82, 2.24) is 19.4 Å². The number of rotatable bonds is 2. The molecular weight excluding hydrogens is 384 g/mol. The summed E-state index contributed by atoms with van der Waals surface area (Å²) in [4.78, 5) is 35.7. The van der Waals surface area contributed by atoms with E-state index in [2.05, 4.69) is 9.97 Å². The molecule has 0 aliphatic carbocycles. The van der Waals surface area contributed by atoms with Crippen LogP contribution in [0.2, 0.25) is 5.02 Å². The standard InChI is InChI=1S/C19H17ClN4O2S/c1-11-17(27-10-21-11)19(26)23-7-5-14(6-8-23)24-12(2)22-18(25)15-9-13(20)3-4-16(15)24/h3-5,9-10H,6-8H2,1-2H3. The third-order valence-electron chi connectivity index (χ3n) is 4.72. The van der Waals surface area contributed by atoms with E-state index in [0.717, 1.165) is 16.9 Å². The van der Waals surface area contributed by atoms with Crippen LogP contribution in [0.15, 0.2) is 34.6 Å². The molecule has 6 nitrogen and oxygen atoms in total. The highest BCUT2D eigenvalue weighted by Gasteiger charge is 2.23. The zero-order chi connectivity index (χ0) is 19.1. The van der Waals surface area contributed by atoms with Gasteiger partial charge in [-0.3, -0.25) is 9.59 Å². The fourth-order valence-electron chi connectivity index (χ4n) is 3.37. The SMILES string of the molecule is Cc1ncsc1C(=O)N1CC=C(n2c(C)nc(=O)c3cc(Cl)ccc32)CC1. The molecule has 2 aromatic heterocycles. The molecule has 1 amide bonds. The Morgan fingerprint density at radius 3 is 2.78 bits per heavy atom. The number of halogens is 1. The second-order valence-corrected chi connectivity index (χ2v) is 7.72. The fraction of sp³-hybridized carbons (Fsp3) is 0.263. The molecule has 0 atom stereocenters. The van der Waals surface area contributed by atoms with Gasteiger partial charge >= 0.3 is 0 Å². The molecule has 3 aromatic rings. The maximum Gasteiger partial charge on any atom is 0.280 e. The average Bonchev–Trinajstić information content (AvgIpc) is 3.08. The van der Waals surface area contributed by atoms with Crippen LogP contribution < -0.4 is 5.56 Å². The number of benzene rings is 1. The van der Waals surface area contributed by atoms with Gasteiger partial charge in [0.15, 0.2) is 0 Å². The Balaban J connectivity index is 1.70. The molecule has 0 N–H and O–H groups in total. The first kappa shape index (κ1) is 17.9. The molecule has 3 heterocycles. The number of nitrogens with zero attached hydrogens (tertiary/aromatic N) is 4. The van der Waals surface area contributed by atoms with Crippen molar-refractivity contribution in [1.29, 1.82) is 0 Å². The Kier molecular flexibility index (Phi) is 4.57. The minimum absolute atomic E-state index is 0.0108. The van der Waals surface area contributed by atoms with E-state index in [4.69, 9.17) is 11.6 Å². The number of carbonyl (C=O) groups is 1. The second kappa shape index (κ2) is 6.90. The summed E-state index contributed by atoms with van der Waals surface area (Å²) >= 11 is 7.42. The Bertz CT molecular complexity index is 1150. The van der Waals surface area contributed by atoms with Gasteiger partial charge in [-0.05, 0) is 38.1 Å². The number of amides is 1. The number of hydrogen-bond donors (Lipinski definition) is 0. The summed E-state index contributed by atoms with van der Waals surface area (Å²) in [6.07, 6.45) is 2.69. The fourth-order valence-corrected chi connectivity index (χ4v) is 4.31. The van der Waals surface area contributed by atoms with Gasteiger partial charge in [-0.2, -0.15) is 4.98 Å². The number of carbonyl (C=O) groups excluding carboxylic acids is 1. The molecule has 4 rings (SSSR count). The third-order valence-corrected chi connectivity index (χ3v) is 5.87. The lowest BCUT2D eigenvalue weighted by molar-refractivity contribution is 0.0776. The van der Waals surface area contributed by atoms with Crippen molar-refractivity contribution in [3.05, 3.63) is 61.6 Å². The van der Waals surface area contributed by atoms with Crippen LogP contribution in [-0.4, -0.2) is 38.4 Å². The topological polar surface area (TPSA) is 68.1 Å². The van der Waals surface area contributed by atoms with Crippen molar-refractivity contribution >= 4 is 45.4 Å². The third kappa shape index (κ3) is 3.17. The van der Waals surface area contributed by atoms with Gasteiger partial charge in [0, 0.05) is 30.2 Å². The van der Waals surface area contributed by atoms with Crippen molar-refractivity contribution in [2.75, 3.05) is 13.1 Å². The number of fused-ring (bicyclic) bond motifs is 1. The number of aryl methyl sites for hydroxylation is 2. The number of hydrogen-bond acceptors (Lipinski definition) is 5. The van der Waals surface area contributed by atoms with Gasteiger partial charge in [0.1, 0.15) is 10.7 Å². The molecule has 0 fully saturated rings. The van der Waals surface area contributed by atoms with Crippen LogP contribution >= 0.6 is 22.9 Å². The van der Waals surface area contributed by atoms with Crippen LogP contribution in [0.5, 0.6) is 0 Å². The van der Waals surface area contributed by atoms with E-state index < -0.39 is 0 Å². The first-order valence-corrected chi connectivity index (χ1v) is 9.79. The molecule has 27 heavy (non-hydrogen) atoms. The van der Waals surface area contributed by atoms with Crippen LogP contribution in [0.4, 0.5) is 0 Å². The van der Waals surface area contributed by atoms with Crippen LogP contribution in [0, 0.1) is 13.8 Å². The molecule has 0 saturated carbocycles. The van der Waals surface area contributed by atoms with E-state index in [0.29, 0.717) is 40.6 Å². The predicted octanol–water partition coefficient (Wildman–Crippen LogP) is 3.51. The molecule has 0 bridgehead atoms. The average molecular weight is 401 g/mol. The maximum absolute atomic E-state index is 12.7. The lowest BCUT2D eigenvalue weighted by Gasteiger charge is -2.28. The zero-order valence-electron chi connectivity index (χ0n) is 14.9.